The minimum Gasteiger partial charge on any atom is -0.481 e. The monoisotopic (exact) mass is 419 g/mol. The number of nitrogens with one attached hydrogen (secondary N) is 1. The lowest BCUT2D eigenvalue weighted by Gasteiger charge is -2.39. The first-order valence-corrected chi connectivity index (χ1v) is 7.93. The maximum absolute atomic E-state index is 12.0. The van der Waals surface area contributed by atoms with Gasteiger partial charge >= 0.3 is 23.6 Å². The zero-order valence-corrected chi connectivity index (χ0v) is 14.5. The second-order valence-electron chi connectivity index (χ2n) is 6.45. The standard InChI is InChI=1S/C14H17N3O12/c18-5(1-7(20)21)10-13(27,2-8(22)23)14(28,3-9(24)25)11(29-10)17-12(26)16-6(19)4-15-17/h4-5,10-11,18,27-28H,1-3H2,(H,20,21)(H,22,23)(H,24,25)(H,16,19,26)/t5-,10+,11+,13+,14-/m0/s1. The molecule has 0 bridgehead atoms. The Balaban J connectivity index is 2.70. The van der Waals surface area contributed by atoms with Crippen molar-refractivity contribution in [2.45, 2.75) is 48.9 Å². The van der Waals surface area contributed by atoms with E-state index in [4.69, 9.17) is 20.1 Å². The van der Waals surface area contributed by atoms with E-state index >= 15 is 0 Å². The van der Waals surface area contributed by atoms with Gasteiger partial charge in [0, 0.05) is 0 Å². The molecule has 15 heteroatoms. The summed E-state index contributed by atoms with van der Waals surface area (Å²) < 4.78 is 5.44. The highest BCUT2D eigenvalue weighted by molar-refractivity contribution is 5.72. The van der Waals surface area contributed by atoms with Gasteiger partial charge in [-0.25, -0.2) is 4.79 Å². The van der Waals surface area contributed by atoms with Crippen molar-refractivity contribution in [2.75, 3.05) is 0 Å². The van der Waals surface area contributed by atoms with Crippen LogP contribution in [0.2, 0.25) is 0 Å². The highest BCUT2D eigenvalue weighted by atomic mass is 16.6. The summed E-state index contributed by atoms with van der Waals surface area (Å²) >= 11 is 0. The summed E-state index contributed by atoms with van der Waals surface area (Å²) in [5, 5.41) is 62.6. The van der Waals surface area contributed by atoms with Crippen LogP contribution in [0.25, 0.3) is 0 Å². The van der Waals surface area contributed by atoms with E-state index < -0.39 is 78.1 Å². The number of carboxylic acids is 3. The summed E-state index contributed by atoms with van der Waals surface area (Å²) in [7, 11) is 0. The number of aliphatic carboxylic acids is 3. The van der Waals surface area contributed by atoms with E-state index in [1.54, 1.807) is 4.98 Å². The second kappa shape index (κ2) is 7.70. The summed E-state index contributed by atoms with van der Waals surface area (Å²) in [6.07, 6.45) is -9.73. The van der Waals surface area contributed by atoms with Gasteiger partial charge in [0.2, 0.25) is 0 Å². The van der Waals surface area contributed by atoms with Crippen molar-refractivity contribution >= 4 is 17.9 Å². The molecule has 1 fully saturated rings. The Labute approximate surface area is 159 Å². The van der Waals surface area contributed by atoms with Crippen LogP contribution in [-0.2, 0) is 19.1 Å². The molecule has 2 rings (SSSR count). The predicted molar refractivity (Wildman–Crippen MR) is 85.7 cm³/mol. The van der Waals surface area contributed by atoms with E-state index in [1.807, 2.05) is 0 Å². The minimum atomic E-state index is -3.07. The molecule has 1 aromatic rings. The van der Waals surface area contributed by atoms with Gasteiger partial charge in [-0.15, -0.1) is 0 Å². The van der Waals surface area contributed by atoms with Gasteiger partial charge in [0.1, 0.15) is 17.9 Å². The molecule has 1 saturated heterocycles. The van der Waals surface area contributed by atoms with E-state index in [9.17, 15) is 39.3 Å². The zero-order chi connectivity index (χ0) is 22.1. The lowest BCUT2D eigenvalue weighted by Crippen LogP contribution is -2.62. The number of aromatic nitrogens is 3. The number of hydrogen-bond acceptors (Lipinski definition) is 10. The smallest absolute Gasteiger partial charge is 0.347 e. The molecule has 0 unspecified atom stereocenters. The largest absolute Gasteiger partial charge is 0.481 e. The van der Waals surface area contributed by atoms with Crippen LogP contribution >= 0.6 is 0 Å². The molecular weight excluding hydrogens is 402 g/mol. The molecule has 0 radical (unpaired) electrons. The van der Waals surface area contributed by atoms with Gasteiger partial charge in [-0.05, 0) is 0 Å². The maximum Gasteiger partial charge on any atom is 0.347 e. The number of aromatic amines is 1. The summed E-state index contributed by atoms with van der Waals surface area (Å²) in [4.78, 5) is 58.5. The Bertz CT molecular complexity index is 940. The maximum atomic E-state index is 12.0. The van der Waals surface area contributed by atoms with Crippen molar-refractivity contribution < 1.29 is 49.8 Å². The topological polar surface area (TPSA) is 250 Å². The molecule has 29 heavy (non-hydrogen) atoms. The highest BCUT2D eigenvalue weighted by Gasteiger charge is 2.70. The Hall–Kier alpha value is -3.14. The molecule has 7 N–H and O–H groups in total. The van der Waals surface area contributed by atoms with Crippen LogP contribution in [0.3, 0.4) is 0 Å². The van der Waals surface area contributed by atoms with Crippen LogP contribution in [-0.4, -0.2) is 86.7 Å². The minimum absolute atomic E-state index is 0.241. The fourth-order valence-electron chi connectivity index (χ4n) is 3.26. The van der Waals surface area contributed by atoms with E-state index in [2.05, 4.69) is 5.10 Å². The van der Waals surface area contributed by atoms with Crippen LogP contribution in [0, 0.1) is 0 Å². The fraction of sp³-hybridized carbons (Fsp3) is 0.571. The molecule has 0 saturated carbocycles. The van der Waals surface area contributed by atoms with E-state index in [1.165, 1.54) is 0 Å². The third kappa shape index (κ3) is 4.02. The molecule has 1 aromatic heterocycles. The Morgan fingerprint density at radius 2 is 1.66 bits per heavy atom. The third-order valence-corrected chi connectivity index (χ3v) is 4.44. The van der Waals surface area contributed by atoms with Crippen LogP contribution in [0.15, 0.2) is 15.8 Å². The normalized spacial score (nSPS) is 30.0. The molecule has 0 amide bonds. The van der Waals surface area contributed by atoms with Crippen LogP contribution in [0.5, 0.6) is 0 Å². The van der Waals surface area contributed by atoms with Crippen molar-refractivity contribution in [3.8, 4) is 0 Å². The van der Waals surface area contributed by atoms with Crippen molar-refractivity contribution in [2.24, 2.45) is 0 Å². The average Bonchev–Trinajstić information content (AvgIpc) is 2.74. The molecule has 2 heterocycles. The molecule has 160 valence electrons. The first-order chi connectivity index (χ1) is 13.3. The molecule has 1 aliphatic rings. The third-order valence-electron chi connectivity index (χ3n) is 4.44. The molecule has 1 aliphatic heterocycles. The Morgan fingerprint density at radius 1 is 1.10 bits per heavy atom. The number of ether oxygens (including phenoxy) is 1. The fourth-order valence-corrected chi connectivity index (χ4v) is 3.26. The van der Waals surface area contributed by atoms with E-state index in [0.717, 1.165) is 0 Å². The lowest BCUT2D eigenvalue weighted by molar-refractivity contribution is -0.189. The van der Waals surface area contributed by atoms with Crippen molar-refractivity contribution in [1.82, 2.24) is 14.8 Å². The first kappa shape index (κ1) is 22.2. The first-order valence-electron chi connectivity index (χ1n) is 7.93. The van der Waals surface area contributed by atoms with Crippen LogP contribution in [0.4, 0.5) is 0 Å². The molecule has 0 spiro atoms. The summed E-state index contributed by atoms with van der Waals surface area (Å²) in [6, 6.07) is 0. The van der Waals surface area contributed by atoms with Gasteiger partial charge in [-0.3, -0.25) is 24.2 Å². The van der Waals surface area contributed by atoms with Gasteiger partial charge in [-0.1, -0.05) is 0 Å². The van der Waals surface area contributed by atoms with E-state index in [-0.39, 0.29) is 4.68 Å². The summed E-state index contributed by atoms with van der Waals surface area (Å²) in [5.74, 6) is -5.09. The number of nitrogens with zero attached hydrogens (tertiary/aromatic N) is 2. The van der Waals surface area contributed by atoms with Gasteiger partial charge in [0.05, 0.1) is 25.4 Å². The quantitative estimate of drug-likeness (QED) is 0.213. The Kier molecular flexibility index (Phi) is 5.89. The average molecular weight is 419 g/mol. The predicted octanol–water partition coefficient (Wildman–Crippen LogP) is -3.92. The van der Waals surface area contributed by atoms with Crippen molar-refractivity contribution in [1.29, 1.82) is 0 Å². The molecule has 15 nitrogen and oxygen atoms in total. The number of aliphatic hydroxyl groups is 3. The number of rotatable bonds is 8. The van der Waals surface area contributed by atoms with Crippen LogP contribution < -0.4 is 11.2 Å². The van der Waals surface area contributed by atoms with Gasteiger partial charge in [0.15, 0.2) is 11.8 Å². The molecule has 0 aliphatic carbocycles. The second-order valence-corrected chi connectivity index (χ2v) is 6.45. The summed E-state index contributed by atoms with van der Waals surface area (Å²) in [5.41, 5.74) is -8.41. The number of hydrogen-bond donors (Lipinski definition) is 7. The number of carbonyl (C=O) groups is 3. The molecule has 5 atom stereocenters. The van der Waals surface area contributed by atoms with Gasteiger partial charge in [0.25, 0.3) is 5.56 Å². The van der Waals surface area contributed by atoms with Crippen LogP contribution in [0.1, 0.15) is 25.5 Å². The van der Waals surface area contributed by atoms with Gasteiger partial charge in [-0.2, -0.15) is 9.78 Å². The van der Waals surface area contributed by atoms with Crippen molar-refractivity contribution in [3.05, 3.63) is 27.0 Å². The van der Waals surface area contributed by atoms with Gasteiger partial charge < -0.3 is 35.4 Å². The van der Waals surface area contributed by atoms with Crippen molar-refractivity contribution in [3.63, 3.8) is 0 Å². The van der Waals surface area contributed by atoms with E-state index in [0.29, 0.717) is 6.20 Å². The number of aliphatic hydroxyl groups excluding tert-OH is 1. The summed E-state index contributed by atoms with van der Waals surface area (Å²) in [6.45, 7) is 0. The lowest BCUT2D eigenvalue weighted by atomic mass is 9.74. The number of H-pyrrole nitrogens is 1. The number of carboxylic acid groups (broad SMARTS) is 3. The zero-order valence-electron chi connectivity index (χ0n) is 14.5. The molecule has 0 aromatic carbocycles. The molecular formula is C14H17N3O12. The SMILES string of the molecule is O=C(O)C[C@H](O)[C@H]1O[C@@H](n2ncc(=O)[nH]c2=O)[C@@](O)(CC(=O)O)[C@@]1(O)CC(=O)O. The highest BCUT2D eigenvalue weighted by Crippen LogP contribution is 2.50. The Morgan fingerprint density at radius 3 is 2.14 bits per heavy atom.